The molecule has 3 N–H and O–H groups in total. The van der Waals surface area contributed by atoms with Gasteiger partial charge in [-0.2, -0.15) is 0 Å². The minimum Gasteiger partial charge on any atom is -0.324 e. The Hall–Kier alpha value is -1.44. The Morgan fingerprint density at radius 2 is 2.19 bits per heavy atom. The van der Waals surface area contributed by atoms with Gasteiger partial charge in [0.15, 0.2) is 5.13 Å². The van der Waals surface area contributed by atoms with E-state index in [2.05, 4.69) is 9.71 Å². The lowest BCUT2D eigenvalue weighted by atomic mass is 10.1. The van der Waals surface area contributed by atoms with Gasteiger partial charge in [0.25, 0.3) is 10.0 Å². The van der Waals surface area contributed by atoms with Gasteiger partial charge in [0.1, 0.15) is 0 Å². The maximum atomic E-state index is 12.4. The van der Waals surface area contributed by atoms with Crippen LogP contribution in [0.2, 0.25) is 0 Å². The topological polar surface area (TPSA) is 85.1 Å². The van der Waals surface area contributed by atoms with Crippen molar-refractivity contribution in [2.45, 2.75) is 37.1 Å². The average Bonchev–Trinajstić information content (AvgIpc) is 2.99. The molecule has 112 valence electrons. The number of sulfonamides is 1. The number of nitrogens with one attached hydrogen (secondary N) is 1. The zero-order chi connectivity index (χ0) is 15.0. The minimum absolute atomic E-state index is 0.205. The lowest BCUT2D eigenvalue weighted by molar-refractivity contribution is 0.601. The average molecular weight is 323 g/mol. The molecule has 1 heterocycles. The second-order valence-corrected chi connectivity index (χ2v) is 7.98. The fourth-order valence-electron chi connectivity index (χ4n) is 2.37. The van der Waals surface area contributed by atoms with Crippen LogP contribution in [0, 0.1) is 0 Å². The van der Waals surface area contributed by atoms with E-state index in [9.17, 15) is 8.42 Å². The van der Waals surface area contributed by atoms with E-state index in [4.69, 9.17) is 5.73 Å². The second kappa shape index (κ2) is 5.40. The van der Waals surface area contributed by atoms with Gasteiger partial charge in [0.05, 0.1) is 10.6 Å². The number of aromatic nitrogens is 1. The van der Waals surface area contributed by atoms with Crippen LogP contribution in [0.15, 0.2) is 29.2 Å². The zero-order valence-corrected chi connectivity index (χ0v) is 13.3. The van der Waals surface area contributed by atoms with Crippen LogP contribution in [0.4, 0.5) is 5.13 Å². The Bertz CT molecular complexity index is 745. The summed E-state index contributed by atoms with van der Waals surface area (Å²) in [7, 11) is -3.61. The Morgan fingerprint density at radius 1 is 1.38 bits per heavy atom. The van der Waals surface area contributed by atoms with E-state index < -0.39 is 10.0 Å². The van der Waals surface area contributed by atoms with Crippen LogP contribution in [0.1, 0.15) is 35.5 Å². The van der Waals surface area contributed by atoms with Crippen molar-refractivity contribution in [3.05, 3.63) is 40.4 Å². The molecule has 0 spiro atoms. The third kappa shape index (κ3) is 2.95. The summed E-state index contributed by atoms with van der Waals surface area (Å²) in [4.78, 5) is 5.77. The summed E-state index contributed by atoms with van der Waals surface area (Å²) in [5.41, 5.74) is 7.62. The molecule has 7 heteroatoms. The summed E-state index contributed by atoms with van der Waals surface area (Å²) in [6, 6.07) is 6.49. The molecule has 2 aromatic rings. The Morgan fingerprint density at radius 3 is 2.90 bits per heavy atom. The molecule has 0 bridgehead atoms. The maximum absolute atomic E-state index is 12.4. The van der Waals surface area contributed by atoms with Gasteiger partial charge >= 0.3 is 0 Å². The number of fused-ring (bicyclic) bond motifs is 1. The van der Waals surface area contributed by atoms with Gasteiger partial charge in [-0.25, -0.2) is 13.4 Å². The van der Waals surface area contributed by atoms with Gasteiger partial charge in [-0.1, -0.05) is 12.1 Å². The number of nitrogens with zero attached hydrogens (tertiary/aromatic N) is 1. The summed E-state index contributed by atoms with van der Waals surface area (Å²) >= 11 is 1.43. The molecule has 1 aromatic heterocycles. The zero-order valence-electron chi connectivity index (χ0n) is 11.7. The lowest BCUT2D eigenvalue weighted by Gasteiger charge is -2.09. The lowest BCUT2D eigenvalue weighted by Crippen LogP contribution is -2.14. The largest absolute Gasteiger partial charge is 0.324 e. The normalized spacial score (nSPS) is 15.7. The van der Waals surface area contributed by atoms with Gasteiger partial charge < -0.3 is 5.73 Å². The molecule has 1 atom stereocenters. The van der Waals surface area contributed by atoms with E-state index in [1.807, 2.05) is 13.0 Å². The second-order valence-electron chi connectivity index (χ2n) is 5.21. The van der Waals surface area contributed by atoms with Crippen LogP contribution in [-0.2, 0) is 22.9 Å². The predicted octanol–water partition coefficient (Wildman–Crippen LogP) is 2.45. The highest BCUT2D eigenvalue weighted by Gasteiger charge is 2.21. The van der Waals surface area contributed by atoms with Crippen molar-refractivity contribution in [1.29, 1.82) is 0 Å². The number of hydrogen-bond acceptors (Lipinski definition) is 5. The molecule has 1 aliphatic carbocycles. The molecule has 1 aromatic carbocycles. The first-order chi connectivity index (χ1) is 9.95. The third-order valence-electron chi connectivity index (χ3n) is 3.51. The van der Waals surface area contributed by atoms with Crippen LogP contribution in [-0.4, -0.2) is 13.4 Å². The standard InChI is InChI=1S/C14H17N3O2S2/c1-9(15)10-4-2-5-11(8-10)21(18,19)17-14-16-12-6-3-7-13(12)20-14/h2,4-5,8-9H,3,6-7,15H2,1H3,(H,16,17). The van der Waals surface area contributed by atoms with Crippen molar-refractivity contribution in [1.82, 2.24) is 4.98 Å². The quantitative estimate of drug-likeness (QED) is 0.905. The van der Waals surface area contributed by atoms with Gasteiger partial charge in [0, 0.05) is 10.9 Å². The summed E-state index contributed by atoms with van der Waals surface area (Å²) in [6.45, 7) is 1.82. The Balaban J connectivity index is 1.87. The van der Waals surface area contributed by atoms with Crippen molar-refractivity contribution in [2.75, 3.05) is 4.72 Å². The molecule has 5 nitrogen and oxygen atoms in total. The highest BCUT2D eigenvalue weighted by Crippen LogP contribution is 2.31. The minimum atomic E-state index is -3.61. The van der Waals surface area contributed by atoms with Crippen molar-refractivity contribution in [3.8, 4) is 0 Å². The summed E-state index contributed by atoms with van der Waals surface area (Å²) in [5.74, 6) is 0. The molecular weight excluding hydrogens is 306 g/mol. The smallest absolute Gasteiger partial charge is 0.263 e. The first-order valence-electron chi connectivity index (χ1n) is 6.82. The molecule has 0 saturated heterocycles. The van der Waals surface area contributed by atoms with E-state index in [0.29, 0.717) is 5.13 Å². The van der Waals surface area contributed by atoms with Crippen LogP contribution < -0.4 is 10.5 Å². The molecule has 0 amide bonds. The van der Waals surface area contributed by atoms with E-state index in [1.54, 1.807) is 18.2 Å². The Kier molecular flexibility index (Phi) is 3.73. The molecule has 0 radical (unpaired) electrons. The van der Waals surface area contributed by atoms with Crippen LogP contribution in [0.3, 0.4) is 0 Å². The van der Waals surface area contributed by atoms with Crippen molar-refractivity contribution in [3.63, 3.8) is 0 Å². The summed E-state index contributed by atoms with van der Waals surface area (Å²) < 4.78 is 27.4. The number of benzene rings is 1. The van der Waals surface area contributed by atoms with E-state index in [0.717, 1.165) is 30.5 Å². The highest BCUT2D eigenvalue weighted by molar-refractivity contribution is 7.93. The number of hydrogen-bond donors (Lipinski definition) is 2. The first kappa shape index (κ1) is 14.5. The molecule has 1 unspecified atom stereocenters. The van der Waals surface area contributed by atoms with Crippen LogP contribution in [0.25, 0.3) is 0 Å². The number of nitrogens with two attached hydrogens (primary N) is 1. The maximum Gasteiger partial charge on any atom is 0.263 e. The molecule has 1 aliphatic rings. The van der Waals surface area contributed by atoms with Gasteiger partial charge in [-0.3, -0.25) is 4.72 Å². The molecule has 3 rings (SSSR count). The first-order valence-corrected chi connectivity index (χ1v) is 9.12. The van der Waals surface area contributed by atoms with E-state index in [-0.39, 0.29) is 10.9 Å². The molecule has 21 heavy (non-hydrogen) atoms. The number of rotatable bonds is 4. The predicted molar refractivity (Wildman–Crippen MR) is 84.0 cm³/mol. The molecular formula is C14H17N3O2S2. The molecule has 0 saturated carbocycles. The van der Waals surface area contributed by atoms with Gasteiger partial charge in [-0.15, -0.1) is 11.3 Å². The number of aryl methyl sites for hydroxylation is 2. The van der Waals surface area contributed by atoms with Crippen LogP contribution in [0.5, 0.6) is 0 Å². The third-order valence-corrected chi connectivity index (χ3v) is 6.05. The summed E-state index contributed by atoms with van der Waals surface area (Å²) in [6.07, 6.45) is 3.04. The van der Waals surface area contributed by atoms with Crippen LogP contribution >= 0.6 is 11.3 Å². The van der Waals surface area contributed by atoms with Gasteiger partial charge in [-0.05, 0) is 43.9 Å². The number of anilines is 1. The molecule has 0 fully saturated rings. The fraction of sp³-hybridized carbons (Fsp3) is 0.357. The van der Waals surface area contributed by atoms with Gasteiger partial charge in [0.2, 0.25) is 0 Å². The van der Waals surface area contributed by atoms with Crippen molar-refractivity contribution >= 4 is 26.5 Å². The van der Waals surface area contributed by atoms with Crippen molar-refractivity contribution in [2.24, 2.45) is 5.73 Å². The van der Waals surface area contributed by atoms with E-state index in [1.165, 1.54) is 16.2 Å². The number of thiazole rings is 1. The summed E-state index contributed by atoms with van der Waals surface area (Å²) in [5, 5.41) is 0.450. The monoisotopic (exact) mass is 323 g/mol. The molecule has 0 aliphatic heterocycles. The Labute approximate surface area is 128 Å². The van der Waals surface area contributed by atoms with E-state index >= 15 is 0 Å². The fourth-order valence-corrected chi connectivity index (χ4v) is 4.71. The SMILES string of the molecule is CC(N)c1cccc(S(=O)(=O)Nc2nc3c(s2)CCC3)c1. The van der Waals surface area contributed by atoms with Crippen molar-refractivity contribution < 1.29 is 8.42 Å². The highest BCUT2D eigenvalue weighted by atomic mass is 32.2.